The van der Waals surface area contributed by atoms with Crippen molar-refractivity contribution in [2.45, 2.75) is 19.3 Å². The Balaban J connectivity index is 1.63. The molecule has 0 spiro atoms. The van der Waals surface area contributed by atoms with E-state index in [2.05, 4.69) is 5.32 Å². The average molecular weight is 357 g/mol. The van der Waals surface area contributed by atoms with Crippen molar-refractivity contribution in [3.05, 3.63) is 107 Å². The molecule has 3 aromatic carbocycles. The number of ketones is 1. The fourth-order valence-electron chi connectivity index (χ4n) is 2.98. The van der Waals surface area contributed by atoms with Gasteiger partial charge in [-0.2, -0.15) is 0 Å². The number of rotatable bonds is 7. The summed E-state index contributed by atoms with van der Waals surface area (Å²) in [4.78, 5) is 25.1. The molecule has 136 valence electrons. The van der Waals surface area contributed by atoms with Crippen LogP contribution in [0, 0.1) is 0 Å². The van der Waals surface area contributed by atoms with Crippen LogP contribution in [0.3, 0.4) is 0 Å². The molecule has 1 N–H and O–H groups in total. The van der Waals surface area contributed by atoms with Crippen molar-refractivity contribution in [3.8, 4) is 0 Å². The summed E-state index contributed by atoms with van der Waals surface area (Å²) >= 11 is 0. The summed E-state index contributed by atoms with van der Waals surface area (Å²) in [5.74, 6) is -0.381. The predicted octanol–water partition coefficient (Wildman–Crippen LogP) is 4.38. The molecule has 27 heavy (non-hydrogen) atoms. The van der Waals surface area contributed by atoms with Crippen LogP contribution in [-0.4, -0.2) is 18.2 Å². The fourth-order valence-corrected chi connectivity index (χ4v) is 2.98. The van der Waals surface area contributed by atoms with Crippen molar-refractivity contribution in [1.29, 1.82) is 0 Å². The zero-order chi connectivity index (χ0) is 19.1. The third kappa shape index (κ3) is 4.91. The van der Waals surface area contributed by atoms with Crippen molar-refractivity contribution in [3.63, 3.8) is 0 Å². The Bertz CT molecular complexity index is 904. The van der Waals surface area contributed by atoms with Gasteiger partial charge in [-0.05, 0) is 30.5 Å². The number of amides is 1. The lowest BCUT2D eigenvalue weighted by molar-refractivity contribution is -0.122. The van der Waals surface area contributed by atoms with E-state index in [9.17, 15) is 9.59 Å². The van der Waals surface area contributed by atoms with Gasteiger partial charge < -0.3 is 5.32 Å². The Morgan fingerprint density at radius 2 is 1.44 bits per heavy atom. The van der Waals surface area contributed by atoms with Crippen LogP contribution < -0.4 is 5.32 Å². The van der Waals surface area contributed by atoms with E-state index in [-0.39, 0.29) is 17.6 Å². The monoisotopic (exact) mass is 357 g/mol. The summed E-state index contributed by atoms with van der Waals surface area (Å²) < 4.78 is 0. The summed E-state index contributed by atoms with van der Waals surface area (Å²) in [6.07, 6.45) is 0.797. The minimum absolute atomic E-state index is 0.0322. The van der Waals surface area contributed by atoms with E-state index in [0.29, 0.717) is 17.7 Å². The molecule has 0 saturated heterocycles. The van der Waals surface area contributed by atoms with E-state index < -0.39 is 0 Å². The van der Waals surface area contributed by atoms with Crippen LogP contribution >= 0.6 is 0 Å². The lowest BCUT2D eigenvalue weighted by Crippen LogP contribution is -2.29. The Morgan fingerprint density at radius 1 is 0.815 bits per heavy atom. The topological polar surface area (TPSA) is 46.2 Å². The minimum Gasteiger partial charge on any atom is -0.355 e. The molecule has 0 aromatic heterocycles. The molecular formula is C24H23NO2. The number of hydrogen-bond acceptors (Lipinski definition) is 2. The SMILES string of the molecule is C[C@H](C(=O)NCCc1ccccc1)c1cccc(C(=O)c2ccccc2)c1. The minimum atomic E-state index is -0.315. The largest absolute Gasteiger partial charge is 0.355 e. The highest BCUT2D eigenvalue weighted by Crippen LogP contribution is 2.19. The number of carbonyl (C=O) groups is 2. The standard InChI is InChI=1S/C24H23NO2/c1-18(24(27)25-16-15-19-9-4-2-5-10-19)21-13-8-14-22(17-21)23(26)20-11-6-3-7-12-20/h2-14,17-18H,15-16H2,1H3,(H,25,27)/t18-/m0/s1. The van der Waals surface area contributed by atoms with Crippen molar-refractivity contribution in [1.82, 2.24) is 5.32 Å². The molecule has 0 bridgehead atoms. The molecule has 0 radical (unpaired) electrons. The van der Waals surface area contributed by atoms with Gasteiger partial charge in [-0.3, -0.25) is 9.59 Å². The van der Waals surface area contributed by atoms with Gasteiger partial charge >= 0.3 is 0 Å². The summed E-state index contributed by atoms with van der Waals surface area (Å²) in [6, 6.07) is 26.6. The average Bonchev–Trinajstić information content (AvgIpc) is 2.74. The van der Waals surface area contributed by atoms with Crippen molar-refractivity contribution < 1.29 is 9.59 Å². The third-order valence-electron chi connectivity index (χ3n) is 4.63. The number of benzene rings is 3. The van der Waals surface area contributed by atoms with E-state index in [1.165, 1.54) is 5.56 Å². The normalized spacial score (nSPS) is 11.6. The highest BCUT2D eigenvalue weighted by molar-refractivity contribution is 6.09. The van der Waals surface area contributed by atoms with Gasteiger partial charge in [-0.25, -0.2) is 0 Å². The quantitative estimate of drug-likeness (QED) is 0.638. The summed E-state index contributed by atoms with van der Waals surface area (Å²) in [7, 11) is 0. The molecular weight excluding hydrogens is 334 g/mol. The maximum atomic E-state index is 12.6. The van der Waals surface area contributed by atoms with Gasteiger partial charge in [0.05, 0.1) is 5.92 Å². The molecule has 0 saturated carbocycles. The molecule has 3 rings (SSSR count). The molecule has 0 aliphatic carbocycles. The van der Waals surface area contributed by atoms with E-state index >= 15 is 0 Å². The van der Waals surface area contributed by atoms with E-state index in [0.717, 1.165) is 12.0 Å². The highest BCUT2D eigenvalue weighted by Gasteiger charge is 2.17. The van der Waals surface area contributed by atoms with Gasteiger partial charge in [0.25, 0.3) is 0 Å². The van der Waals surface area contributed by atoms with Crippen LogP contribution in [0.1, 0.15) is 39.9 Å². The second-order valence-corrected chi connectivity index (χ2v) is 6.57. The van der Waals surface area contributed by atoms with Crippen molar-refractivity contribution in [2.24, 2.45) is 0 Å². The highest BCUT2D eigenvalue weighted by atomic mass is 16.1. The van der Waals surface area contributed by atoms with Gasteiger partial charge in [-0.1, -0.05) is 78.9 Å². The summed E-state index contributed by atoms with van der Waals surface area (Å²) in [6.45, 7) is 2.46. The van der Waals surface area contributed by atoms with E-state index in [1.807, 2.05) is 73.7 Å². The smallest absolute Gasteiger partial charge is 0.227 e. The Kier molecular flexibility index (Phi) is 6.16. The fraction of sp³-hybridized carbons (Fsp3) is 0.167. The van der Waals surface area contributed by atoms with Gasteiger partial charge in [0, 0.05) is 17.7 Å². The third-order valence-corrected chi connectivity index (χ3v) is 4.63. The Morgan fingerprint density at radius 3 is 2.15 bits per heavy atom. The summed E-state index contributed by atoms with van der Waals surface area (Å²) in [5, 5.41) is 2.99. The number of nitrogens with one attached hydrogen (secondary N) is 1. The zero-order valence-electron chi connectivity index (χ0n) is 15.4. The van der Waals surface area contributed by atoms with Crippen LogP contribution in [0.15, 0.2) is 84.9 Å². The van der Waals surface area contributed by atoms with Gasteiger partial charge in [0.15, 0.2) is 5.78 Å². The first-order valence-corrected chi connectivity index (χ1v) is 9.16. The number of hydrogen-bond donors (Lipinski definition) is 1. The first-order chi connectivity index (χ1) is 13.1. The molecule has 3 aromatic rings. The Hall–Kier alpha value is -3.20. The molecule has 0 heterocycles. The van der Waals surface area contributed by atoms with Crippen LogP contribution in [0.4, 0.5) is 0 Å². The molecule has 0 fully saturated rings. The molecule has 1 amide bonds. The maximum Gasteiger partial charge on any atom is 0.227 e. The van der Waals surface area contributed by atoms with Crippen LogP contribution in [0.25, 0.3) is 0 Å². The first-order valence-electron chi connectivity index (χ1n) is 9.16. The lowest BCUT2D eigenvalue weighted by atomic mass is 9.95. The Labute approximate surface area is 160 Å². The van der Waals surface area contributed by atoms with Crippen LogP contribution in [0.5, 0.6) is 0 Å². The molecule has 0 unspecified atom stereocenters. The predicted molar refractivity (Wildman–Crippen MR) is 108 cm³/mol. The van der Waals surface area contributed by atoms with E-state index in [1.54, 1.807) is 18.2 Å². The van der Waals surface area contributed by atoms with Crippen molar-refractivity contribution in [2.75, 3.05) is 6.54 Å². The second-order valence-electron chi connectivity index (χ2n) is 6.57. The lowest BCUT2D eigenvalue weighted by Gasteiger charge is -2.14. The van der Waals surface area contributed by atoms with Gasteiger partial charge in [0.2, 0.25) is 5.91 Å². The molecule has 1 atom stereocenters. The first kappa shape index (κ1) is 18.6. The molecule has 3 heteroatoms. The molecule has 0 aliphatic heterocycles. The van der Waals surface area contributed by atoms with E-state index in [4.69, 9.17) is 0 Å². The van der Waals surface area contributed by atoms with Gasteiger partial charge in [0.1, 0.15) is 0 Å². The second kappa shape index (κ2) is 8.95. The van der Waals surface area contributed by atoms with Crippen LogP contribution in [-0.2, 0) is 11.2 Å². The zero-order valence-corrected chi connectivity index (χ0v) is 15.4. The maximum absolute atomic E-state index is 12.6. The molecule has 0 aliphatic rings. The number of carbonyl (C=O) groups excluding carboxylic acids is 2. The van der Waals surface area contributed by atoms with Crippen LogP contribution in [0.2, 0.25) is 0 Å². The van der Waals surface area contributed by atoms with Crippen molar-refractivity contribution >= 4 is 11.7 Å². The van der Waals surface area contributed by atoms with Gasteiger partial charge in [-0.15, -0.1) is 0 Å². The summed E-state index contributed by atoms with van der Waals surface area (Å²) in [5.41, 5.74) is 3.28. The molecule has 3 nitrogen and oxygen atoms in total.